The maximum absolute atomic E-state index is 11.9. The van der Waals surface area contributed by atoms with Gasteiger partial charge < -0.3 is 14.8 Å². The lowest BCUT2D eigenvalue weighted by molar-refractivity contribution is -0.124. The van der Waals surface area contributed by atoms with Crippen molar-refractivity contribution < 1.29 is 14.3 Å². The van der Waals surface area contributed by atoms with Gasteiger partial charge in [-0.05, 0) is 38.7 Å². The first kappa shape index (κ1) is 13.0. The SMILES string of the molecule is CC1(C)Cc2cccc(OCCNC(=O)C34CC3C4)c2O1. The van der Waals surface area contributed by atoms with Gasteiger partial charge in [0.1, 0.15) is 12.2 Å². The van der Waals surface area contributed by atoms with Crippen LogP contribution in [-0.4, -0.2) is 24.7 Å². The maximum Gasteiger partial charge on any atom is 0.226 e. The van der Waals surface area contributed by atoms with Gasteiger partial charge in [0, 0.05) is 12.0 Å². The quantitative estimate of drug-likeness (QED) is 0.845. The van der Waals surface area contributed by atoms with Crippen LogP contribution in [0.4, 0.5) is 0 Å². The average Bonchev–Trinajstić information content (AvgIpc) is 3.24. The second kappa shape index (κ2) is 4.15. The van der Waals surface area contributed by atoms with Crippen LogP contribution in [0.2, 0.25) is 0 Å². The van der Waals surface area contributed by atoms with Crippen LogP contribution < -0.4 is 14.8 Å². The molecule has 0 bridgehead atoms. The molecule has 0 unspecified atom stereocenters. The summed E-state index contributed by atoms with van der Waals surface area (Å²) >= 11 is 0. The number of fused-ring (bicyclic) bond motifs is 2. The molecule has 0 aromatic heterocycles. The fourth-order valence-corrected chi connectivity index (χ4v) is 3.28. The Kier molecular flexibility index (Phi) is 2.57. The second-order valence-electron chi connectivity index (χ2n) is 7.15. The van der Waals surface area contributed by atoms with Crippen LogP contribution >= 0.6 is 0 Å². The Labute approximate surface area is 124 Å². The van der Waals surface area contributed by atoms with Crippen molar-refractivity contribution in [2.24, 2.45) is 11.3 Å². The van der Waals surface area contributed by atoms with E-state index < -0.39 is 0 Å². The minimum absolute atomic E-state index is 0.0428. The topological polar surface area (TPSA) is 47.6 Å². The highest BCUT2D eigenvalue weighted by atomic mass is 16.5. The number of hydrogen-bond donors (Lipinski definition) is 1. The zero-order chi connectivity index (χ0) is 14.7. The fourth-order valence-electron chi connectivity index (χ4n) is 3.28. The van der Waals surface area contributed by atoms with Crippen molar-refractivity contribution in [3.63, 3.8) is 0 Å². The molecular weight excluding hydrogens is 266 g/mol. The minimum atomic E-state index is -0.165. The molecule has 1 amide bonds. The monoisotopic (exact) mass is 287 g/mol. The molecule has 2 aliphatic carbocycles. The van der Waals surface area contributed by atoms with Gasteiger partial charge in [-0.1, -0.05) is 12.1 Å². The molecule has 1 aliphatic heterocycles. The van der Waals surface area contributed by atoms with Crippen molar-refractivity contribution in [1.29, 1.82) is 0 Å². The van der Waals surface area contributed by atoms with Crippen LogP contribution in [-0.2, 0) is 11.2 Å². The lowest BCUT2D eigenvalue weighted by atomic mass is 10.0. The lowest BCUT2D eigenvalue weighted by Crippen LogP contribution is -2.31. The van der Waals surface area contributed by atoms with Crippen LogP contribution in [0.25, 0.3) is 0 Å². The zero-order valence-electron chi connectivity index (χ0n) is 12.6. The van der Waals surface area contributed by atoms with Crippen LogP contribution in [0.5, 0.6) is 11.5 Å². The van der Waals surface area contributed by atoms with E-state index in [1.807, 2.05) is 12.1 Å². The average molecular weight is 287 g/mol. The van der Waals surface area contributed by atoms with Gasteiger partial charge in [-0.15, -0.1) is 0 Å². The number of nitrogens with one attached hydrogen (secondary N) is 1. The summed E-state index contributed by atoms with van der Waals surface area (Å²) in [6, 6.07) is 6.01. The third kappa shape index (κ3) is 2.17. The molecule has 1 heterocycles. The molecule has 21 heavy (non-hydrogen) atoms. The van der Waals surface area contributed by atoms with E-state index in [1.54, 1.807) is 0 Å². The summed E-state index contributed by atoms with van der Waals surface area (Å²) in [6.45, 7) is 5.20. The molecule has 4 rings (SSSR count). The first-order valence-electron chi connectivity index (χ1n) is 7.72. The predicted octanol–water partition coefficient (Wildman–Crippen LogP) is 2.31. The van der Waals surface area contributed by atoms with Crippen molar-refractivity contribution >= 4 is 5.91 Å². The summed E-state index contributed by atoms with van der Waals surface area (Å²) in [4.78, 5) is 11.9. The van der Waals surface area contributed by atoms with E-state index in [9.17, 15) is 4.79 Å². The van der Waals surface area contributed by atoms with Crippen molar-refractivity contribution in [3.05, 3.63) is 23.8 Å². The van der Waals surface area contributed by atoms with Crippen LogP contribution in [0, 0.1) is 11.3 Å². The Bertz CT molecular complexity index is 602. The number of carbonyl (C=O) groups excluding carboxylic acids is 1. The van der Waals surface area contributed by atoms with Gasteiger partial charge >= 0.3 is 0 Å². The number of carbonyl (C=O) groups is 1. The first-order chi connectivity index (χ1) is 10.0. The highest BCUT2D eigenvalue weighted by Crippen LogP contribution is 2.75. The molecule has 4 heteroatoms. The van der Waals surface area contributed by atoms with Gasteiger partial charge in [-0.2, -0.15) is 0 Å². The minimum Gasteiger partial charge on any atom is -0.488 e. The molecular formula is C17H21NO3. The number of amides is 1. The molecule has 4 nitrogen and oxygen atoms in total. The molecule has 0 atom stereocenters. The Morgan fingerprint density at radius 2 is 2.19 bits per heavy atom. The lowest BCUT2D eigenvalue weighted by Gasteiger charge is -2.18. The standard InChI is InChI=1S/C17H21NO3/c1-16(2)8-11-4-3-5-13(14(11)21-16)20-7-6-18-15(19)17-9-12(17)10-17/h3-5,12H,6-10H2,1-2H3,(H,18,19). The first-order valence-corrected chi connectivity index (χ1v) is 7.72. The molecule has 0 spiro atoms. The third-order valence-electron chi connectivity index (χ3n) is 4.83. The molecule has 1 aromatic carbocycles. The highest BCUT2D eigenvalue weighted by molar-refractivity contribution is 5.89. The summed E-state index contributed by atoms with van der Waals surface area (Å²) < 4.78 is 11.8. The number of para-hydroxylation sites is 1. The van der Waals surface area contributed by atoms with Gasteiger partial charge in [0.25, 0.3) is 0 Å². The van der Waals surface area contributed by atoms with Crippen molar-refractivity contribution in [1.82, 2.24) is 5.32 Å². The Hall–Kier alpha value is -1.71. The van der Waals surface area contributed by atoms with Crippen LogP contribution in [0.3, 0.4) is 0 Å². The van der Waals surface area contributed by atoms with E-state index in [4.69, 9.17) is 9.47 Å². The Balaban J connectivity index is 1.31. The summed E-state index contributed by atoms with van der Waals surface area (Å²) in [5, 5.41) is 2.98. The maximum atomic E-state index is 11.9. The molecule has 0 radical (unpaired) electrons. The van der Waals surface area contributed by atoms with E-state index in [-0.39, 0.29) is 16.9 Å². The van der Waals surface area contributed by atoms with Gasteiger partial charge in [-0.3, -0.25) is 4.79 Å². The molecule has 2 fully saturated rings. The molecule has 2 saturated carbocycles. The van der Waals surface area contributed by atoms with Gasteiger partial charge in [0.2, 0.25) is 5.91 Å². The molecule has 0 saturated heterocycles. The predicted molar refractivity (Wildman–Crippen MR) is 78.5 cm³/mol. The number of rotatable bonds is 5. The van der Waals surface area contributed by atoms with Crippen LogP contribution in [0.1, 0.15) is 32.3 Å². The van der Waals surface area contributed by atoms with Gasteiger partial charge in [0.05, 0.1) is 12.0 Å². The third-order valence-corrected chi connectivity index (χ3v) is 4.83. The largest absolute Gasteiger partial charge is 0.488 e. The number of benzene rings is 1. The normalized spacial score (nSPS) is 29.9. The van der Waals surface area contributed by atoms with Crippen molar-refractivity contribution in [2.45, 2.75) is 38.7 Å². The van der Waals surface area contributed by atoms with E-state index >= 15 is 0 Å². The molecule has 112 valence electrons. The summed E-state index contributed by atoms with van der Waals surface area (Å²) in [5.74, 6) is 2.54. The van der Waals surface area contributed by atoms with Gasteiger partial charge in [0.15, 0.2) is 11.5 Å². The van der Waals surface area contributed by atoms with Crippen molar-refractivity contribution in [2.75, 3.05) is 13.2 Å². The summed E-state index contributed by atoms with van der Waals surface area (Å²) in [7, 11) is 0. The molecule has 1 aromatic rings. The number of hydrogen-bond acceptors (Lipinski definition) is 3. The summed E-state index contributed by atoms with van der Waals surface area (Å²) in [5.41, 5.74) is 1.07. The molecule has 1 N–H and O–H groups in total. The van der Waals surface area contributed by atoms with E-state index in [1.165, 1.54) is 5.56 Å². The fraction of sp³-hybridized carbons (Fsp3) is 0.588. The summed E-state index contributed by atoms with van der Waals surface area (Å²) in [6.07, 6.45) is 3.09. The van der Waals surface area contributed by atoms with E-state index in [0.717, 1.165) is 30.8 Å². The zero-order valence-corrected chi connectivity index (χ0v) is 12.6. The number of ether oxygens (including phenoxy) is 2. The van der Waals surface area contributed by atoms with Crippen LogP contribution in [0.15, 0.2) is 18.2 Å². The second-order valence-corrected chi connectivity index (χ2v) is 7.15. The molecule has 3 aliphatic rings. The van der Waals surface area contributed by atoms with E-state index in [2.05, 4.69) is 25.2 Å². The van der Waals surface area contributed by atoms with Gasteiger partial charge in [-0.25, -0.2) is 0 Å². The Morgan fingerprint density at radius 3 is 2.90 bits per heavy atom. The van der Waals surface area contributed by atoms with E-state index in [0.29, 0.717) is 19.1 Å². The highest BCUT2D eigenvalue weighted by Gasteiger charge is 2.74. The Morgan fingerprint density at radius 1 is 1.43 bits per heavy atom. The van der Waals surface area contributed by atoms with Crippen molar-refractivity contribution in [3.8, 4) is 11.5 Å². The smallest absolute Gasteiger partial charge is 0.226 e.